The average Bonchev–Trinajstić information content (AvgIpc) is 2.05. The van der Waals surface area contributed by atoms with E-state index < -0.39 is 0 Å². The highest BCUT2D eigenvalue weighted by Gasteiger charge is 1.86. The van der Waals surface area contributed by atoms with E-state index in [2.05, 4.69) is 17.1 Å². The van der Waals surface area contributed by atoms with Crippen molar-refractivity contribution in [3.05, 3.63) is 42.6 Å². The van der Waals surface area contributed by atoms with Crippen LogP contribution in [-0.4, -0.2) is 4.98 Å². The SMILES string of the molecule is [H+].[H+].c1ccc2ncccc2c1. The molecule has 0 radical (unpaired) electrons. The van der Waals surface area contributed by atoms with Crippen molar-refractivity contribution in [2.75, 3.05) is 0 Å². The van der Waals surface area contributed by atoms with Crippen molar-refractivity contribution in [3.8, 4) is 0 Å². The van der Waals surface area contributed by atoms with Crippen LogP contribution in [0.3, 0.4) is 0 Å². The van der Waals surface area contributed by atoms with Crippen molar-refractivity contribution >= 4 is 10.9 Å². The number of rotatable bonds is 0. The molecule has 0 unspecified atom stereocenters. The minimum Gasteiger partial charge on any atom is -0.256 e. The zero-order chi connectivity index (χ0) is 6.81. The Morgan fingerprint density at radius 1 is 1.00 bits per heavy atom. The van der Waals surface area contributed by atoms with Gasteiger partial charge in [0.2, 0.25) is 0 Å². The molecule has 0 aliphatic heterocycles. The van der Waals surface area contributed by atoms with Gasteiger partial charge in [0.15, 0.2) is 0 Å². The molecule has 0 aliphatic rings. The molecule has 0 atom stereocenters. The molecular formula is C9H9N+2. The molecule has 1 nitrogen and oxygen atoms in total. The highest BCUT2D eigenvalue weighted by molar-refractivity contribution is 5.77. The van der Waals surface area contributed by atoms with Gasteiger partial charge in [-0.3, -0.25) is 4.98 Å². The first kappa shape index (κ1) is 5.42. The van der Waals surface area contributed by atoms with Crippen LogP contribution in [0.2, 0.25) is 0 Å². The number of hydrogen-bond acceptors (Lipinski definition) is 1. The van der Waals surface area contributed by atoms with Gasteiger partial charge in [-0.1, -0.05) is 24.3 Å². The first-order valence-corrected chi connectivity index (χ1v) is 3.26. The fourth-order valence-electron chi connectivity index (χ4n) is 1.02. The molecule has 10 heavy (non-hydrogen) atoms. The normalized spacial score (nSPS) is 10.0. The van der Waals surface area contributed by atoms with Gasteiger partial charge in [0.05, 0.1) is 5.52 Å². The molecule has 0 saturated heterocycles. The number of benzene rings is 1. The van der Waals surface area contributed by atoms with Crippen LogP contribution in [0.15, 0.2) is 42.6 Å². The van der Waals surface area contributed by atoms with Gasteiger partial charge in [0.1, 0.15) is 0 Å². The Balaban J connectivity index is 0.000000605. The number of fused-ring (bicyclic) bond motifs is 1. The molecule has 0 N–H and O–H groups in total. The van der Waals surface area contributed by atoms with Gasteiger partial charge in [-0.05, 0) is 12.1 Å². The second kappa shape index (κ2) is 2.10. The van der Waals surface area contributed by atoms with Crippen molar-refractivity contribution < 1.29 is 2.85 Å². The van der Waals surface area contributed by atoms with Gasteiger partial charge in [0, 0.05) is 11.6 Å². The van der Waals surface area contributed by atoms with Crippen LogP contribution in [0.4, 0.5) is 0 Å². The molecule has 1 heterocycles. The molecule has 0 spiro atoms. The predicted octanol–water partition coefficient (Wildman–Crippen LogP) is 2.46. The quantitative estimate of drug-likeness (QED) is 0.535. The van der Waals surface area contributed by atoms with E-state index in [4.69, 9.17) is 0 Å². The molecule has 2 aromatic rings. The van der Waals surface area contributed by atoms with Crippen molar-refractivity contribution in [1.82, 2.24) is 4.98 Å². The standard InChI is InChI=1S/C9H7N/c1-2-6-9-8(4-1)5-3-7-10-9/h1-7H/p+2. The summed E-state index contributed by atoms with van der Waals surface area (Å²) in [5.41, 5.74) is 1.06. The Morgan fingerprint density at radius 3 is 2.70 bits per heavy atom. The highest BCUT2D eigenvalue weighted by Crippen LogP contribution is 2.07. The number of pyridine rings is 1. The lowest BCUT2D eigenvalue weighted by atomic mass is 10.2. The summed E-state index contributed by atoms with van der Waals surface area (Å²) in [6, 6.07) is 12.1. The molecule has 0 saturated carbocycles. The monoisotopic (exact) mass is 131 g/mol. The maximum absolute atomic E-state index is 4.18. The molecule has 2 rings (SSSR count). The van der Waals surface area contributed by atoms with Crippen LogP contribution in [-0.2, 0) is 0 Å². The third-order valence-electron chi connectivity index (χ3n) is 1.51. The summed E-state index contributed by atoms with van der Waals surface area (Å²) < 4.78 is 0. The number of aromatic nitrogens is 1. The Hall–Kier alpha value is -1.37. The fraction of sp³-hybridized carbons (Fsp3) is 0. The predicted molar refractivity (Wildman–Crippen MR) is 44.0 cm³/mol. The van der Waals surface area contributed by atoms with Gasteiger partial charge in [0.25, 0.3) is 0 Å². The summed E-state index contributed by atoms with van der Waals surface area (Å²) in [6.45, 7) is 0. The molecule has 1 heteroatoms. The molecule has 0 fully saturated rings. The van der Waals surface area contributed by atoms with Crippen LogP contribution >= 0.6 is 0 Å². The summed E-state index contributed by atoms with van der Waals surface area (Å²) in [6.07, 6.45) is 1.81. The molecule has 1 aromatic heterocycles. The minimum atomic E-state index is 0. The summed E-state index contributed by atoms with van der Waals surface area (Å²) in [5, 5.41) is 1.20. The smallest absolute Gasteiger partial charge is 0.256 e. The van der Waals surface area contributed by atoms with Crippen molar-refractivity contribution in [2.24, 2.45) is 0 Å². The van der Waals surface area contributed by atoms with Crippen LogP contribution in [0.25, 0.3) is 10.9 Å². The lowest BCUT2D eigenvalue weighted by molar-refractivity contribution is 1.41. The topological polar surface area (TPSA) is 12.9 Å². The number of hydrogen-bond donors (Lipinski definition) is 0. The van der Waals surface area contributed by atoms with Crippen molar-refractivity contribution in [1.29, 1.82) is 0 Å². The molecular weight excluding hydrogens is 122 g/mol. The lowest BCUT2D eigenvalue weighted by Crippen LogP contribution is -1.73. The first-order chi connectivity index (χ1) is 4.97. The van der Waals surface area contributed by atoms with E-state index in [0.29, 0.717) is 0 Å². The van der Waals surface area contributed by atoms with Crippen LogP contribution < -0.4 is 0 Å². The summed E-state index contributed by atoms with van der Waals surface area (Å²) in [7, 11) is 0. The molecule has 0 bridgehead atoms. The number of nitrogens with zero attached hydrogens (tertiary/aromatic N) is 1. The van der Waals surface area contributed by atoms with Gasteiger partial charge in [-0.15, -0.1) is 0 Å². The third-order valence-corrected chi connectivity index (χ3v) is 1.51. The lowest BCUT2D eigenvalue weighted by Gasteiger charge is -1.91. The van der Waals surface area contributed by atoms with Gasteiger partial charge >= 0.3 is 2.85 Å². The zero-order valence-electron chi connectivity index (χ0n) is 7.49. The van der Waals surface area contributed by atoms with Crippen LogP contribution in [0.1, 0.15) is 2.85 Å². The van der Waals surface area contributed by atoms with Crippen LogP contribution in [0.5, 0.6) is 0 Å². The van der Waals surface area contributed by atoms with Gasteiger partial charge in [-0.25, -0.2) is 0 Å². The van der Waals surface area contributed by atoms with Gasteiger partial charge < -0.3 is 0 Å². The Labute approximate surface area is 62.3 Å². The van der Waals surface area contributed by atoms with Gasteiger partial charge in [-0.2, -0.15) is 0 Å². The summed E-state index contributed by atoms with van der Waals surface area (Å²) in [5.74, 6) is 0. The first-order valence-electron chi connectivity index (χ1n) is 3.26. The Bertz CT molecular complexity index is 284. The Morgan fingerprint density at radius 2 is 1.80 bits per heavy atom. The molecule has 0 amide bonds. The summed E-state index contributed by atoms with van der Waals surface area (Å²) in [4.78, 5) is 4.18. The second-order valence-corrected chi connectivity index (χ2v) is 2.20. The fourth-order valence-corrected chi connectivity index (χ4v) is 1.02. The van der Waals surface area contributed by atoms with Crippen LogP contribution in [0, 0.1) is 0 Å². The van der Waals surface area contributed by atoms with E-state index >= 15 is 0 Å². The largest absolute Gasteiger partial charge is 1.00 e. The van der Waals surface area contributed by atoms with E-state index in [9.17, 15) is 0 Å². The van der Waals surface area contributed by atoms with E-state index in [0.717, 1.165) is 5.52 Å². The zero-order valence-corrected chi connectivity index (χ0v) is 5.49. The molecule has 0 aliphatic carbocycles. The molecule has 1 aromatic carbocycles. The molecule has 48 valence electrons. The van der Waals surface area contributed by atoms with Crippen molar-refractivity contribution in [2.45, 2.75) is 0 Å². The minimum absolute atomic E-state index is 0. The maximum atomic E-state index is 4.18. The van der Waals surface area contributed by atoms with E-state index in [1.54, 1.807) is 0 Å². The average molecular weight is 131 g/mol. The second-order valence-electron chi connectivity index (χ2n) is 2.20. The van der Waals surface area contributed by atoms with E-state index in [1.807, 2.05) is 30.5 Å². The van der Waals surface area contributed by atoms with E-state index in [-0.39, 0.29) is 2.85 Å². The summed E-state index contributed by atoms with van der Waals surface area (Å²) >= 11 is 0. The van der Waals surface area contributed by atoms with Crippen molar-refractivity contribution in [3.63, 3.8) is 0 Å². The highest BCUT2D eigenvalue weighted by atomic mass is 14.6. The number of para-hydroxylation sites is 1. The van der Waals surface area contributed by atoms with E-state index in [1.165, 1.54) is 5.39 Å². The maximum Gasteiger partial charge on any atom is 1.00 e. The third kappa shape index (κ3) is 0.760. The Kier molecular flexibility index (Phi) is 1.14.